The Bertz CT molecular complexity index is 872. The molecule has 11 nitrogen and oxygen atoms in total. The minimum atomic E-state index is -3.47. The predicted molar refractivity (Wildman–Crippen MR) is 95.5 cm³/mol. The van der Waals surface area contributed by atoms with E-state index in [1.54, 1.807) is 0 Å². The molecule has 2 amide bonds. The van der Waals surface area contributed by atoms with Crippen LogP contribution in [0.2, 0.25) is 0 Å². The summed E-state index contributed by atoms with van der Waals surface area (Å²) in [6.07, 6.45) is 4.32. The first-order valence-electron chi connectivity index (χ1n) is 8.04. The number of nitrogens with one attached hydrogen (secondary N) is 2. The highest BCUT2D eigenvalue weighted by molar-refractivity contribution is 7.90. The molecule has 1 atom stereocenters. The Balaban J connectivity index is 2.41. The molecule has 28 heavy (non-hydrogen) atoms. The highest BCUT2D eigenvalue weighted by Gasteiger charge is 2.19. The highest BCUT2D eigenvalue weighted by Crippen LogP contribution is 2.01. The van der Waals surface area contributed by atoms with E-state index in [1.807, 2.05) is 0 Å². The van der Waals surface area contributed by atoms with E-state index in [0.29, 0.717) is 18.4 Å². The Morgan fingerprint density at radius 3 is 2.43 bits per heavy atom. The van der Waals surface area contributed by atoms with Crippen LogP contribution >= 0.6 is 0 Å². The van der Waals surface area contributed by atoms with Crippen molar-refractivity contribution in [1.29, 1.82) is 0 Å². The number of rotatable bonds is 9. The lowest BCUT2D eigenvalue weighted by Crippen LogP contribution is -2.49. The van der Waals surface area contributed by atoms with Crippen molar-refractivity contribution in [3.63, 3.8) is 0 Å². The molecule has 1 heterocycles. The quantitative estimate of drug-likeness (QED) is 0.205. The number of hydrogen-bond donors (Lipinski definition) is 4. The number of unbranched alkanes of at least 4 members (excludes halogenated alkanes) is 1. The molecular weight excluding hydrogens is 392 g/mol. The zero-order valence-electron chi connectivity index (χ0n) is 15.0. The predicted octanol–water partition coefficient (Wildman–Crippen LogP) is -1.92. The highest BCUT2D eigenvalue weighted by atomic mass is 32.2. The van der Waals surface area contributed by atoms with Crippen LogP contribution < -0.4 is 10.6 Å². The molecule has 0 aliphatic rings. The Morgan fingerprint density at radius 2 is 1.89 bits per heavy atom. The number of carbonyl (C=O) groups is 3. The van der Waals surface area contributed by atoms with E-state index in [1.165, 1.54) is 12.4 Å². The number of sulfone groups is 1. The number of carbonyl (C=O) groups excluding carboxylic acids is 2. The third-order valence-corrected chi connectivity index (χ3v) is 4.02. The van der Waals surface area contributed by atoms with Crippen LogP contribution in [0.1, 0.15) is 24.8 Å². The van der Waals surface area contributed by atoms with Crippen molar-refractivity contribution < 1.29 is 33.0 Å². The minimum absolute atomic E-state index is 0.0426. The molecule has 1 rings (SSSR count). The maximum atomic E-state index is 11.8. The van der Waals surface area contributed by atoms with Crippen LogP contribution in [0.15, 0.2) is 17.6 Å². The van der Waals surface area contributed by atoms with Crippen molar-refractivity contribution in [1.82, 2.24) is 20.6 Å². The van der Waals surface area contributed by atoms with E-state index in [0.717, 1.165) is 6.26 Å². The largest absolute Gasteiger partial charge is 0.480 e. The monoisotopic (exact) mass is 412 g/mol. The van der Waals surface area contributed by atoms with Crippen molar-refractivity contribution >= 4 is 27.6 Å². The summed E-state index contributed by atoms with van der Waals surface area (Å²) in [5, 5.41) is 21.7. The van der Waals surface area contributed by atoms with Crippen LogP contribution in [-0.2, 0) is 24.2 Å². The van der Waals surface area contributed by atoms with Crippen LogP contribution in [0.3, 0.4) is 0 Å². The molecular formula is C16H20N4O7S. The lowest BCUT2D eigenvalue weighted by Gasteiger charge is -2.15. The van der Waals surface area contributed by atoms with Crippen LogP contribution in [-0.4, -0.2) is 71.8 Å². The number of carboxylic acid groups (broad SMARTS) is 1. The van der Waals surface area contributed by atoms with Gasteiger partial charge < -0.3 is 20.8 Å². The van der Waals surface area contributed by atoms with Crippen molar-refractivity contribution in [3.8, 4) is 11.8 Å². The molecule has 0 aliphatic carbocycles. The van der Waals surface area contributed by atoms with Crippen LogP contribution in [0.25, 0.3) is 0 Å². The van der Waals surface area contributed by atoms with Gasteiger partial charge in [0.15, 0.2) is 0 Å². The van der Waals surface area contributed by atoms with E-state index in [2.05, 4.69) is 32.4 Å². The van der Waals surface area contributed by atoms with Gasteiger partial charge in [-0.05, 0) is 6.42 Å². The molecule has 0 fully saturated rings. The van der Waals surface area contributed by atoms with Gasteiger partial charge >= 0.3 is 5.97 Å². The molecule has 0 aliphatic heterocycles. The van der Waals surface area contributed by atoms with E-state index < -0.39 is 46.8 Å². The van der Waals surface area contributed by atoms with Gasteiger partial charge in [0.05, 0.1) is 12.2 Å². The number of carboxylic acids is 1. The summed E-state index contributed by atoms with van der Waals surface area (Å²) in [4.78, 5) is 41.2. The van der Waals surface area contributed by atoms with E-state index in [4.69, 9.17) is 10.2 Å². The second-order valence-electron chi connectivity index (χ2n) is 5.60. The van der Waals surface area contributed by atoms with Crippen LogP contribution in [0.4, 0.5) is 0 Å². The Labute approximate surface area is 161 Å². The maximum absolute atomic E-state index is 11.8. The van der Waals surface area contributed by atoms with E-state index in [9.17, 15) is 22.8 Å². The summed E-state index contributed by atoms with van der Waals surface area (Å²) in [6.45, 7) is -1.28. The number of nitrogens with zero attached hydrogens (tertiary/aromatic N) is 2. The van der Waals surface area contributed by atoms with Gasteiger partial charge in [0.1, 0.15) is 12.6 Å². The summed E-state index contributed by atoms with van der Waals surface area (Å²) in [5.74, 6) is 2.98. The van der Waals surface area contributed by atoms with Gasteiger partial charge in [-0.3, -0.25) is 14.4 Å². The number of aliphatic hydroxyl groups is 1. The standard InChI is InChI=1S/C16H20N4O7S/c1-28(26,27)16-18-7-11(8-19-16)5-3-2-4-6-13(22)20-12(10-21)15(25)17-9-14(23)24/h7-8,12,21H,2,4,6,9-10H2,1H3,(H,17,25)(H,20,22)(H,23,24)/t12-/m0/s1. The maximum Gasteiger partial charge on any atom is 0.322 e. The zero-order valence-corrected chi connectivity index (χ0v) is 15.8. The molecule has 0 bridgehead atoms. The minimum Gasteiger partial charge on any atom is -0.480 e. The SMILES string of the molecule is CS(=O)(=O)c1ncc(C#CCCCC(=O)N[C@@H](CO)C(=O)NCC(=O)O)cn1. The third-order valence-electron chi connectivity index (χ3n) is 3.15. The Hall–Kier alpha value is -3.04. The Kier molecular flexibility index (Phi) is 9.00. The van der Waals surface area contributed by atoms with Gasteiger partial charge in [-0.2, -0.15) is 0 Å². The number of hydrogen-bond acceptors (Lipinski definition) is 8. The molecule has 152 valence electrons. The van der Waals surface area contributed by atoms with Gasteiger partial charge in [-0.25, -0.2) is 18.4 Å². The van der Waals surface area contributed by atoms with Crippen molar-refractivity contribution in [2.24, 2.45) is 0 Å². The first-order chi connectivity index (χ1) is 13.1. The zero-order chi connectivity index (χ0) is 21.2. The smallest absolute Gasteiger partial charge is 0.322 e. The second-order valence-corrected chi connectivity index (χ2v) is 7.51. The molecule has 0 spiro atoms. The lowest BCUT2D eigenvalue weighted by molar-refractivity contribution is -0.138. The van der Waals surface area contributed by atoms with Crippen molar-refractivity contribution in [2.75, 3.05) is 19.4 Å². The first-order valence-corrected chi connectivity index (χ1v) is 9.93. The molecule has 12 heteroatoms. The molecule has 1 aromatic rings. The van der Waals surface area contributed by atoms with E-state index >= 15 is 0 Å². The molecule has 0 saturated heterocycles. The second kappa shape index (κ2) is 11.0. The van der Waals surface area contributed by atoms with Crippen LogP contribution in [0.5, 0.6) is 0 Å². The van der Waals surface area contributed by atoms with E-state index in [-0.39, 0.29) is 11.6 Å². The average molecular weight is 412 g/mol. The Morgan fingerprint density at radius 1 is 1.25 bits per heavy atom. The number of aliphatic carboxylic acids is 1. The van der Waals surface area contributed by atoms with Crippen molar-refractivity contribution in [2.45, 2.75) is 30.5 Å². The third kappa shape index (κ3) is 8.56. The number of aliphatic hydroxyl groups excluding tert-OH is 1. The molecule has 0 saturated carbocycles. The number of aromatic nitrogens is 2. The van der Waals surface area contributed by atoms with Crippen molar-refractivity contribution in [3.05, 3.63) is 18.0 Å². The van der Waals surface area contributed by atoms with Gasteiger partial charge in [-0.1, -0.05) is 11.8 Å². The van der Waals surface area contributed by atoms with Gasteiger partial charge in [0, 0.05) is 31.5 Å². The fourth-order valence-electron chi connectivity index (χ4n) is 1.82. The molecule has 0 aromatic carbocycles. The fourth-order valence-corrected chi connectivity index (χ4v) is 2.31. The molecule has 1 aromatic heterocycles. The summed E-state index contributed by atoms with van der Waals surface area (Å²) >= 11 is 0. The molecule has 0 radical (unpaired) electrons. The number of amides is 2. The first kappa shape index (κ1) is 23.0. The van der Waals surface area contributed by atoms with Crippen LogP contribution in [0, 0.1) is 11.8 Å². The molecule has 4 N–H and O–H groups in total. The van der Waals surface area contributed by atoms with Gasteiger partial charge in [-0.15, -0.1) is 0 Å². The summed E-state index contributed by atoms with van der Waals surface area (Å²) < 4.78 is 22.5. The summed E-state index contributed by atoms with van der Waals surface area (Å²) in [5.41, 5.74) is 0.423. The van der Waals surface area contributed by atoms with Gasteiger partial charge in [0.25, 0.3) is 0 Å². The average Bonchev–Trinajstić information content (AvgIpc) is 2.63. The fraction of sp³-hybridized carbons (Fsp3) is 0.438. The normalized spacial score (nSPS) is 11.6. The van der Waals surface area contributed by atoms with Gasteiger partial charge in [0.2, 0.25) is 26.8 Å². The lowest BCUT2D eigenvalue weighted by atomic mass is 10.2. The molecule has 0 unspecified atom stereocenters. The summed E-state index contributed by atoms with van der Waals surface area (Å²) in [6, 6.07) is -1.23. The summed E-state index contributed by atoms with van der Waals surface area (Å²) in [7, 11) is -3.47. The topological polar surface area (TPSA) is 176 Å².